The third-order valence-corrected chi connectivity index (χ3v) is 9.39. The largest absolute Gasteiger partial charge is 0.573 e. The average Bonchev–Trinajstić information content (AvgIpc) is 2.95. The second kappa shape index (κ2) is 12.3. The summed E-state index contributed by atoms with van der Waals surface area (Å²) in [6.07, 6.45) is -1.23. The zero-order valence-electron chi connectivity index (χ0n) is 22.7. The van der Waals surface area contributed by atoms with Gasteiger partial charge in [-0.15, -0.1) is 13.2 Å². The number of ether oxygens (including phenoxy) is 2. The molecule has 220 valence electrons. The molecule has 1 fully saturated rings. The smallest absolute Gasteiger partial charge is 0.453 e. The van der Waals surface area contributed by atoms with Crippen LogP contribution in [0.3, 0.4) is 0 Å². The lowest BCUT2D eigenvalue weighted by atomic mass is 9.89. The third kappa shape index (κ3) is 6.63. The Morgan fingerprint density at radius 1 is 0.976 bits per heavy atom. The summed E-state index contributed by atoms with van der Waals surface area (Å²) in [5.74, 6) is 0.968. The van der Waals surface area contributed by atoms with Gasteiger partial charge in [-0.2, -0.15) is 0 Å². The highest BCUT2D eigenvalue weighted by Crippen LogP contribution is 2.48. The van der Waals surface area contributed by atoms with E-state index in [-0.39, 0.29) is 17.5 Å². The van der Waals surface area contributed by atoms with Gasteiger partial charge in [0.05, 0.1) is 28.4 Å². The molecule has 0 spiro atoms. The molecular formula is C30H34F3N3O4S. The van der Waals surface area contributed by atoms with Crippen molar-refractivity contribution in [2.45, 2.75) is 74.9 Å². The number of aliphatic hydroxyl groups is 1. The Labute approximate surface area is 238 Å². The van der Waals surface area contributed by atoms with E-state index in [1.165, 1.54) is 12.1 Å². The second-order valence-electron chi connectivity index (χ2n) is 10.2. The second-order valence-corrected chi connectivity index (χ2v) is 12.2. The van der Waals surface area contributed by atoms with E-state index in [1.54, 1.807) is 0 Å². The first-order valence-corrected chi connectivity index (χ1v) is 15.4. The molecule has 1 saturated carbocycles. The molecule has 3 aromatic rings. The first kappa shape index (κ1) is 29.2. The van der Waals surface area contributed by atoms with E-state index < -0.39 is 34.2 Å². The number of alkyl halides is 3. The van der Waals surface area contributed by atoms with E-state index >= 15 is 0 Å². The van der Waals surface area contributed by atoms with E-state index in [0.29, 0.717) is 30.8 Å². The van der Waals surface area contributed by atoms with Gasteiger partial charge in [-0.3, -0.25) is 0 Å². The van der Waals surface area contributed by atoms with Crippen LogP contribution in [0.4, 0.5) is 24.5 Å². The van der Waals surface area contributed by atoms with Gasteiger partial charge in [-0.25, -0.2) is 13.3 Å². The fraction of sp³-hybridized carbons (Fsp3) is 0.400. The summed E-state index contributed by atoms with van der Waals surface area (Å²) >= 11 is 0. The van der Waals surface area contributed by atoms with E-state index in [2.05, 4.69) is 18.7 Å². The number of hydrogen-bond donors (Lipinski definition) is 2. The Bertz CT molecular complexity index is 1410. The number of halogens is 3. The van der Waals surface area contributed by atoms with Gasteiger partial charge in [0.2, 0.25) is 0 Å². The van der Waals surface area contributed by atoms with Crippen molar-refractivity contribution in [1.82, 2.24) is 4.72 Å². The van der Waals surface area contributed by atoms with Crippen molar-refractivity contribution < 1.29 is 32.0 Å². The Hall–Kier alpha value is -3.28. The number of nitrogens with one attached hydrogen (secondary N) is 1. The molecule has 0 amide bonds. The van der Waals surface area contributed by atoms with Crippen LogP contribution in [-0.4, -0.2) is 40.4 Å². The number of fused-ring (bicyclic) bond motifs is 2. The van der Waals surface area contributed by atoms with Gasteiger partial charge < -0.3 is 19.5 Å². The lowest BCUT2D eigenvalue weighted by Crippen LogP contribution is -2.54. The van der Waals surface area contributed by atoms with Crippen LogP contribution < -0.4 is 19.1 Å². The number of nitrogens with zero attached hydrogens (tertiary/aromatic N) is 2. The molecule has 2 aliphatic rings. The van der Waals surface area contributed by atoms with Crippen molar-refractivity contribution in [3.63, 3.8) is 0 Å². The summed E-state index contributed by atoms with van der Waals surface area (Å²) in [4.78, 5) is 2.35. The third-order valence-electron chi connectivity index (χ3n) is 7.31. The fourth-order valence-electron chi connectivity index (χ4n) is 5.44. The number of hydrogen-bond acceptors (Lipinski definition) is 6. The predicted octanol–water partition coefficient (Wildman–Crippen LogP) is 7.33. The maximum absolute atomic E-state index is 14.3. The van der Waals surface area contributed by atoms with Crippen LogP contribution in [0.25, 0.3) is 0 Å². The molecule has 0 bridgehead atoms. The molecule has 41 heavy (non-hydrogen) atoms. The van der Waals surface area contributed by atoms with E-state index in [1.807, 2.05) is 55.5 Å². The van der Waals surface area contributed by atoms with Gasteiger partial charge in [0.15, 0.2) is 11.5 Å². The minimum Gasteiger partial charge on any atom is -0.453 e. The molecule has 7 nitrogen and oxygen atoms in total. The first-order valence-electron chi connectivity index (χ1n) is 13.9. The highest BCUT2D eigenvalue weighted by Gasteiger charge is 2.39. The molecule has 1 heterocycles. The molecule has 0 radical (unpaired) electrons. The van der Waals surface area contributed by atoms with Crippen LogP contribution in [0.15, 0.2) is 82.1 Å². The molecule has 4 atom stereocenters. The number of benzene rings is 3. The molecule has 1 unspecified atom stereocenters. The summed E-state index contributed by atoms with van der Waals surface area (Å²) in [5.41, 5.74) is 1.68. The molecule has 0 saturated heterocycles. The van der Waals surface area contributed by atoms with Crippen LogP contribution in [0.5, 0.6) is 17.2 Å². The Balaban J connectivity index is 1.49. The molecule has 1 aliphatic carbocycles. The van der Waals surface area contributed by atoms with Crippen LogP contribution in [-0.2, 0) is 9.92 Å². The zero-order chi connectivity index (χ0) is 29.0. The zero-order valence-corrected chi connectivity index (χ0v) is 23.5. The lowest BCUT2D eigenvalue weighted by molar-refractivity contribution is -0.274. The molecule has 0 aromatic heterocycles. The van der Waals surface area contributed by atoms with Gasteiger partial charge in [-0.1, -0.05) is 50.5 Å². The van der Waals surface area contributed by atoms with Crippen LogP contribution >= 0.6 is 0 Å². The number of anilines is 2. The molecular weight excluding hydrogens is 555 g/mol. The normalized spacial score (nSPS) is 22.3. The summed E-state index contributed by atoms with van der Waals surface area (Å²) in [5, 5.41) is 12.0. The van der Waals surface area contributed by atoms with Gasteiger partial charge in [0, 0.05) is 12.6 Å². The van der Waals surface area contributed by atoms with Gasteiger partial charge in [-0.05, 0) is 67.8 Å². The first-order chi connectivity index (χ1) is 19.7. The fourth-order valence-corrected chi connectivity index (χ4v) is 7.41. The van der Waals surface area contributed by atoms with Crippen molar-refractivity contribution in [2.24, 2.45) is 4.36 Å². The summed E-state index contributed by atoms with van der Waals surface area (Å²) in [6, 6.07) is 19.3. The van der Waals surface area contributed by atoms with Crippen LogP contribution in [0, 0.1) is 0 Å². The standard InChI is InChI=1S/C30H34F3N3O4S/c1-2-20-34-41(38,22-18-16-21(17-19-22)40-30(31,32)33)35-23-10-4-3-5-13-26(29(23)37)36-24-11-6-8-14-27(24)39-28-15-9-7-12-25(28)36/h6-9,11-12,14-19,23,26,29,37H,2-5,10,13,20H2,1H3,(H,34,35,38)/t23-,26-,29-,41?/m1/s1. The topological polar surface area (TPSA) is 83.4 Å². The maximum Gasteiger partial charge on any atom is 0.573 e. The van der Waals surface area contributed by atoms with Gasteiger partial charge in [0.1, 0.15) is 15.7 Å². The van der Waals surface area contributed by atoms with E-state index in [9.17, 15) is 22.5 Å². The van der Waals surface area contributed by atoms with Crippen molar-refractivity contribution in [2.75, 3.05) is 11.4 Å². The Morgan fingerprint density at radius 2 is 1.59 bits per heavy atom. The Kier molecular flexibility index (Phi) is 8.77. The highest BCUT2D eigenvalue weighted by atomic mass is 32.2. The SMILES string of the molecule is CCCN=S(=O)(N[C@@H]1CCCCC[C@@H](N2c3ccccc3Oc3ccccc32)[C@@H]1O)c1ccc(OC(F)(F)F)cc1. The molecule has 11 heteroatoms. The van der Waals surface area contributed by atoms with Gasteiger partial charge >= 0.3 is 6.36 Å². The Morgan fingerprint density at radius 3 is 2.20 bits per heavy atom. The predicted molar refractivity (Wildman–Crippen MR) is 152 cm³/mol. The molecule has 1 aliphatic heterocycles. The monoisotopic (exact) mass is 589 g/mol. The van der Waals surface area contributed by atoms with Crippen molar-refractivity contribution in [1.29, 1.82) is 0 Å². The number of aliphatic hydroxyl groups excluding tert-OH is 1. The molecule has 2 N–H and O–H groups in total. The lowest BCUT2D eigenvalue weighted by Gasteiger charge is -2.43. The quantitative estimate of drug-likeness (QED) is 0.302. The summed E-state index contributed by atoms with van der Waals surface area (Å²) in [6.45, 7) is 2.18. The summed E-state index contributed by atoms with van der Waals surface area (Å²) in [7, 11) is -3.29. The highest BCUT2D eigenvalue weighted by molar-refractivity contribution is 7.91. The maximum atomic E-state index is 14.3. The minimum absolute atomic E-state index is 0.230. The number of para-hydroxylation sites is 4. The summed E-state index contributed by atoms with van der Waals surface area (Å²) < 4.78 is 70.2. The van der Waals surface area contributed by atoms with E-state index in [0.717, 1.165) is 42.8 Å². The minimum atomic E-state index is -4.83. The van der Waals surface area contributed by atoms with Crippen LogP contribution in [0.2, 0.25) is 0 Å². The molecule has 3 aromatic carbocycles. The van der Waals surface area contributed by atoms with Crippen molar-refractivity contribution in [3.8, 4) is 17.2 Å². The van der Waals surface area contributed by atoms with Crippen LogP contribution in [0.1, 0.15) is 45.4 Å². The molecule has 5 rings (SSSR count). The number of rotatable bonds is 7. The average molecular weight is 590 g/mol. The van der Waals surface area contributed by atoms with Crippen molar-refractivity contribution in [3.05, 3.63) is 72.8 Å². The van der Waals surface area contributed by atoms with E-state index in [4.69, 9.17) is 4.74 Å². The van der Waals surface area contributed by atoms with Crippen molar-refractivity contribution >= 4 is 21.3 Å². The van der Waals surface area contributed by atoms with Gasteiger partial charge in [0.25, 0.3) is 0 Å².